The Balaban J connectivity index is 2.10. The van der Waals surface area contributed by atoms with Crippen LogP contribution in [0.4, 0.5) is 5.82 Å². The molecule has 0 saturated carbocycles. The lowest BCUT2D eigenvalue weighted by atomic mass is 10.2. The number of hydrogen-bond acceptors (Lipinski definition) is 5. The first-order chi connectivity index (χ1) is 9.51. The van der Waals surface area contributed by atoms with E-state index in [9.17, 15) is 8.42 Å². The summed E-state index contributed by atoms with van der Waals surface area (Å²) in [6, 6.07) is 10.0. The first kappa shape index (κ1) is 14.3. The molecule has 0 aliphatic carbocycles. The van der Waals surface area contributed by atoms with E-state index in [4.69, 9.17) is 10.5 Å². The van der Waals surface area contributed by atoms with E-state index >= 15 is 0 Å². The van der Waals surface area contributed by atoms with Gasteiger partial charge in [0.2, 0.25) is 10.0 Å². The number of nitrogens with zero attached hydrogens (tertiary/aromatic N) is 1. The molecule has 0 unspecified atom stereocenters. The Kier molecular flexibility index (Phi) is 4.21. The zero-order valence-corrected chi connectivity index (χ0v) is 11.7. The molecule has 0 aliphatic heterocycles. The van der Waals surface area contributed by atoms with E-state index in [-0.39, 0.29) is 17.3 Å². The lowest BCUT2D eigenvalue weighted by Gasteiger charge is -2.08. The molecule has 2 aromatic rings. The highest BCUT2D eigenvalue weighted by Crippen LogP contribution is 2.14. The summed E-state index contributed by atoms with van der Waals surface area (Å²) in [6.45, 7) is 0.171. The number of nitrogens with two attached hydrogens (primary N) is 1. The van der Waals surface area contributed by atoms with Gasteiger partial charge in [0.15, 0.2) is 0 Å². The van der Waals surface area contributed by atoms with Crippen LogP contribution in [0.2, 0.25) is 0 Å². The van der Waals surface area contributed by atoms with Crippen molar-refractivity contribution in [3.05, 3.63) is 48.2 Å². The minimum Gasteiger partial charge on any atom is -0.497 e. The summed E-state index contributed by atoms with van der Waals surface area (Å²) in [5.74, 6) is 0.951. The highest BCUT2D eigenvalue weighted by Gasteiger charge is 2.13. The molecule has 1 aromatic carbocycles. The highest BCUT2D eigenvalue weighted by molar-refractivity contribution is 7.89. The molecule has 20 heavy (non-hydrogen) atoms. The summed E-state index contributed by atoms with van der Waals surface area (Å²) in [6.07, 6.45) is 1.23. The summed E-state index contributed by atoms with van der Waals surface area (Å²) in [5, 5.41) is 0. The number of benzene rings is 1. The second-order valence-corrected chi connectivity index (χ2v) is 5.86. The lowest BCUT2D eigenvalue weighted by Crippen LogP contribution is -2.23. The average Bonchev–Trinajstić information content (AvgIpc) is 2.46. The van der Waals surface area contributed by atoms with Crippen LogP contribution in [0.5, 0.6) is 5.75 Å². The Bertz CT molecular complexity index is 684. The fourth-order valence-electron chi connectivity index (χ4n) is 1.59. The first-order valence-electron chi connectivity index (χ1n) is 5.85. The number of nitrogen functional groups attached to an aromatic ring is 1. The molecule has 0 fully saturated rings. The second-order valence-electron chi connectivity index (χ2n) is 4.09. The topological polar surface area (TPSA) is 94.3 Å². The number of rotatable bonds is 5. The van der Waals surface area contributed by atoms with Crippen molar-refractivity contribution in [1.29, 1.82) is 0 Å². The van der Waals surface area contributed by atoms with Crippen molar-refractivity contribution in [3.8, 4) is 5.75 Å². The molecule has 0 atom stereocenters. The molecular weight excluding hydrogens is 278 g/mol. The maximum absolute atomic E-state index is 12.0. The van der Waals surface area contributed by atoms with E-state index < -0.39 is 10.0 Å². The Morgan fingerprint density at radius 3 is 2.75 bits per heavy atom. The molecule has 0 bridgehead atoms. The molecule has 6 nitrogen and oxygen atoms in total. The van der Waals surface area contributed by atoms with Gasteiger partial charge in [-0.25, -0.2) is 18.1 Å². The third-order valence-electron chi connectivity index (χ3n) is 2.67. The standard InChI is InChI=1S/C13H15N3O3S/c1-19-11-4-2-3-10(7-11)8-16-20(17,18)12-5-6-13(14)15-9-12/h2-7,9,16H,8H2,1H3,(H2,14,15). The summed E-state index contributed by atoms with van der Waals surface area (Å²) in [5.41, 5.74) is 6.23. The quantitative estimate of drug-likeness (QED) is 0.862. The normalized spacial score (nSPS) is 11.2. The van der Waals surface area contributed by atoms with E-state index in [1.165, 1.54) is 18.3 Å². The highest BCUT2D eigenvalue weighted by atomic mass is 32.2. The summed E-state index contributed by atoms with van der Waals surface area (Å²) in [4.78, 5) is 3.84. The van der Waals surface area contributed by atoms with Crippen molar-refractivity contribution in [2.24, 2.45) is 0 Å². The smallest absolute Gasteiger partial charge is 0.242 e. The molecule has 0 saturated heterocycles. The lowest BCUT2D eigenvalue weighted by molar-refractivity contribution is 0.414. The molecule has 2 rings (SSSR count). The number of aromatic nitrogens is 1. The second kappa shape index (κ2) is 5.89. The molecule has 0 radical (unpaired) electrons. The van der Waals surface area contributed by atoms with Gasteiger partial charge in [-0.15, -0.1) is 0 Å². The summed E-state index contributed by atoms with van der Waals surface area (Å²) < 4.78 is 31.7. The van der Waals surface area contributed by atoms with Crippen molar-refractivity contribution >= 4 is 15.8 Å². The zero-order valence-electron chi connectivity index (χ0n) is 10.9. The maximum atomic E-state index is 12.0. The molecule has 0 amide bonds. The van der Waals surface area contributed by atoms with Gasteiger partial charge in [-0.1, -0.05) is 12.1 Å². The fraction of sp³-hybridized carbons (Fsp3) is 0.154. The minimum atomic E-state index is -3.60. The van der Waals surface area contributed by atoms with Crippen LogP contribution in [0, 0.1) is 0 Å². The molecule has 3 N–H and O–H groups in total. The SMILES string of the molecule is COc1cccc(CNS(=O)(=O)c2ccc(N)nc2)c1. The van der Waals surface area contributed by atoms with Gasteiger partial charge < -0.3 is 10.5 Å². The summed E-state index contributed by atoms with van der Waals surface area (Å²) >= 11 is 0. The van der Waals surface area contributed by atoms with Gasteiger partial charge in [-0.3, -0.25) is 0 Å². The van der Waals surface area contributed by atoms with Gasteiger partial charge >= 0.3 is 0 Å². The van der Waals surface area contributed by atoms with Crippen LogP contribution < -0.4 is 15.2 Å². The van der Waals surface area contributed by atoms with Crippen molar-refractivity contribution in [3.63, 3.8) is 0 Å². The molecule has 1 heterocycles. The van der Waals surface area contributed by atoms with Crippen molar-refractivity contribution < 1.29 is 13.2 Å². The number of ether oxygens (including phenoxy) is 1. The van der Waals surface area contributed by atoms with E-state index in [2.05, 4.69) is 9.71 Å². The predicted molar refractivity (Wildman–Crippen MR) is 75.7 cm³/mol. The number of hydrogen-bond donors (Lipinski definition) is 2. The van der Waals surface area contributed by atoms with Crippen LogP contribution in [0.15, 0.2) is 47.5 Å². The van der Waals surface area contributed by atoms with Gasteiger partial charge in [0.1, 0.15) is 16.5 Å². The van der Waals surface area contributed by atoms with Crippen LogP contribution in [-0.4, -0.2) is 20.5 Å². The van der Waals surface area contributed by atoms with Gasteiger partial charge in [0, 0.05) is 12.7 Å². The first-order valence-corrected chi connectivity index (χ1v) is 7.34. The van der Waals surface area contributed by atoms with Gasteiger partial charge in [-0.05, 0) is 29.8 Å². The van der Waals surface area contributed by atoms with Crippen LogP contribution >= 0.6 is 0 Å². The van der Waals surface area contributed by atoms with Gasteiger partial charge in [-0.2, -0.15) is 0 Å². The maximum Gasteiger partial charge on any atom is 0.242 e. The average molecular weight is 293 g/mol. The van der Waals surface area contributed by atoms with E-state index in [1.807, 2.05) is 6.07 Å². The van der Waals surface area contributed by atoms with Crippen molar-refractivity contribution in [1.82, 2.24) is 9.71 Å². The van der Waals surface area contributed by atoms with Crippen LogP contribution in [0.3, 0.4) is 0 Å². The number of sulfonamides is 1. The van der Waals surface area contributed by atoms with Gasteiger partial charge in [0.25, 0.3) is 0 Å². The van der Waals surface area contributed by atoms with Crippen LogP contribution in [-0.2, 0) is 16.6 Å². The summed E-state index contributed by atoms with van der Waals surface area (Å²) in [7, 11) is -2.04. The number of methoxy groups -OCH3 is 1. The minimum absolute atomic E-state index is 0.0783. The number of pyridine rings is 1. The van der Waals surface area contributed by atoms with E-state index in [1.54, 1.807) is 25.3 Å². The molecule has 106 valence electrons. The van der Waals surface area contributed by atoms with Crippen LogP contribution in [0.1, 0.15) is 5.56 Å². The van der Waals surface area contributed by atoms with E-state index in [0.29, 0.717) is 5.75 Å². The molecule has 0 spiro atoms. The molecule has 1 aromatic heterocycles. The van der Waals surface area contributed by atoms with Crippen LogP contribution in [0.25, 0.3) is 0 Å². The predicted octanol–water partition coefficient (Wildman–Crippen LogP) is 1.15. The fourth-order valence-corrected chi connectivity index (χ4v) is 2.56. The van der Waals surface area contributed by atoms with Crippen molar-refractivity contribution in [2.45, 2.75) is 11.4 Å². The molecule has 0 aliphatic rings. The Labute approximate surface area is 117 Å². The Morgan fingerprint density at radius 2 is 2.10 bits per heavy atom. The van der Waals surface area contributed by atoms with E-state index in [0.717, 1.165) is 5.56 Å². The largest absolute Gasteiger partial charge is 0.497 e. The Morgan fingerprint density at radius 1 is 1.30 bits per heavy atom. The monoisotopic (exact) mass is 293 g/mol. The molecule has 7 heteroatoms. The number of nitrogens with one attached hydrogen (secondary N) is 1. The third kappa shape index (κ3) is 3.46. The third-order valence-corrected chi connectivity index (χ3v) is 4.06. The zero-order chi connectivity index (χ0) is 14.6. The van der Waals surface area contributed by atoms with Gasteiger partial charge in [0.05, 0.1) is 7.11 Å². The van der Waals surface area contributed by atoms with Crippen molar-refractivity contribution in [2.75, 3.05) is 12.8 Å². The molecular formula is C13H15N3O3S. The Hall–Kier alpha value is -2.12. The number of anilines is 1.